The maximum atomic E-state index is 10.8. The first-order chi connectivity index (χ1) is 8.06. The molecule has 98 valence electrons. The van der Waals surface area contributed by atoms with Gasteiger partial charge in [-0.3, -0.25) is 9.59 Å². The van der Waals surface area contributed by atoms with Gasteiger partial charge in [0.05, 0.1) is 0 Å². The van der Waals surface area contributed by atoms with Gasteiger partial charge in [-0.25, -0.2) is 0 Å². The highest BCUT2D eigenvalue weighted by Crippen LogP contribution is 2.11. The summed E-state index contributed by atoms with van der Waals surface area (Å²) in [7, 11) is 0. The van der Waals surface area contributed by atoms with Gasteiger partial charge < -0.3 is 9.47 Å². The highest BCUT2D eigenvalue weighted by Gasteiger charge is 2.14. The molecule has 0 atom stereocenters. The molecule has 0 bridgehead atoms. The van der Waals surface area contributed by atoms with E-state index in [1.807, 2.05) is 6.08 Å². The lowest BCUT2D eigenvalue weighted by molar-refractivity contribution is -0.185. The minimum absolute atomic E-state index is 0.428. The van der Waals surface area contributed by atoms with Crippen LogP contribution in [0.15, 0.2) is 12.7 Å². The molecule has 4 heteroatoms. The van der Waals surface area contributed by atoms with Gasteiger partial charge >= 0.3 is 11.9 Å². The summed E-state index contributed by atoms with van der Waals surface area (Å²) >= 11 is 0. The van der Waals surface area contributed by atoms with E-state index in [0.29, 0.717) is 6.42 Å². The van der Waals surface area contributed by atoms with E-state index in [0.717, 1.165) is 32.1 Å². The van der Waals surface area contributed by atoms with Gasteiger partial charge in [0, 0.05) is 20.3 Å². The van der Waals surface area contributed by atoms with Gasteiger partial charge in [0.25, 0.3) is 0 Å². The van der Waals surface area contributed by atoms with Crippen LogP contribution < -0.4 is 0 Å². The first-order valence-corrected chi connectivity index (χ1v) is 6.01. The van der Waals surface area contributed by atoms with Crippen LogP contribution in [0.5, 0.6) is 0 Å². The van der Waals surface area contributed by atoms with E-state index in [1.54, 1.807) is 0 Å². The fourth-order valence-corrected chi connectivity index (χ4v) is 1.47. The molecule has 0 aromatic heterocycles. The highest BCUT2D eigenvalue weighted by atomic mass is 16.7. The molecule has 0 aromatic rings. The third kappa shape index (κ3) is 11.0. The van der Waals surface area contributed by atoms with Crippen LogP contribution in [0.3, 0.4) is 0 Å². The number of carbonyl (C=O) groups is 2. The topological polar surface area (TPSA) is 52.6 Å². The summed E-state index contributed by atoms with van der Waals surface area (Å²) in [6.45, 7) is 6.27. The molecule has 0 amide bonds. The molecule has 0 fully saturated rings. The van der Waals surface area contributed by atoms with Crippen LogP contribution in [0.4, 0.5) is 0 Å². The number of ether oxygens (including phenoxy) is 2. The number of hydrogen-bond acceptors (Lipinski definition) is 4. The Labute approximate surface area is 103 Å². The zero-order chi connectivity index (χ0) is 13.1. The quantitative estimate of drug-likeness (QED) is 0.270. The monoisotopic (exact) mass is 242 g/mol. The van der Waals surface area contributed by atoms with Crippen LogP contribution in [0, 0.1) is 0 Å². The lowest BCUT2D eigenvalue weighted by atomic mass is 10.1. The highest BCUT2D eigenvalue weighted by molar-refractivity contribution is 5.68. The molecule has 17 heavy (non-hydrogen) atoms. The largest absolute Gasteiger partial charge is 0.425 e. The standard InChI is InChI=1S/C13H22O4/c1-4-5-6-7-8-9-10-13(16-11(2)14)17-12(3)15/h4,13H,1,5-10H2,2-3H3. The predicted molar refractivity (Wildman–Crippen MR) is 65.2 cm³/mol. The van der Waals surface area contributed by atoms with Gasteiger partial charge in [0.15, 0.2) is 0 Å². The molecule has 0 spiro atoms. The van der Waals surface area contributed by atoms with Crippen molar-refractivity contribution in [3.8, 4) is 0 Å². The van der Waals surface area contributed by atoms with Crippen molar-refractivity contribution in [3.63, 3.8) is 0 Å². The second-order valence-electron chi connectivity index (χ2n) is 3.93. The SMILES string of the molecule is C=CCCCCCCC(OC(C)=O)OC(C)=O. The van der Waals surface area contributed by atoms with Crippen molar-refractivity contribution < 1.29 is 19.1 Å². The van der Waals surface area contributed by atoms with Crippen LogP contribution >= 0.6 is 0 Å². The summed E-state index contributed by atoms with van der Waals surface area (Å²) in [5.74, 6) is -0.856. The molecule has 0 radical (unpaired) electrons. The molecule has 4 nitrogen and oxygen atoms in total. The Morgan fingerprint density at radius 1 is 1.06 bits per heavy atom. The van der Waals surface area contributed by atoms with Crippen molar-refractivity contribution in [3.05, 3.63) is 12.7 Å². The van der Waals surface area contributed by atoms with Crippen molar-refractivity contribution in [1.29, 1.82) is 0 Å². The van der Waals surface area contributed by atoms with Gasteiger partial charge in [-0.15, -0.1) is 6.58 Å². The van der Waals surface area contributed by atoms with Crippen molar-refractivity contribution in [2.24, 2.45) is 0 Å². The third-order valence-electron chi connectivity index (χ3n) is 2.19. The maximum absolute atomic E-state index is 10.8. The number of rotatable bonds is 9. The first kappa shape index (κ1) is 15.7. The van der Waals surface area contributed by atoms with Gasteiger partial charge in [-0.2, -0.15) is 0 Å². The van der Waals surface area contributed by atoms with Crippen LogP contribution in [0.2, 0.25) is 0 Å². The Balaban J connectivity index is 3.71. The molecular weight excluding hydrogens is 220 g/mol. The molecule has 0 unspecified atom stereocenters. The summed E-state index contributed by atoms with van der Waals surface area (Å²) in [4.78, 5) is 21.6. The molecule has 0 N–H and O–H groups in total. The fraction of sp³-hybridized carbons (Fsp3) is 0.692. The zero-order valence-electron chi connectivity index (χ0n) is 10.7. The van der Waals surface area contributed by atoms with Gasteiger partial charge in [-0.1, -0.05) is 18.9 Å². The number of esters is 2. The average molecular weight is 242 g/mol. The summed E-state index contributed by atoms with van der Waals surface area (Å²) in [6, 6.07) is 0. The maximum Gasteiger partial charge on any atom is 0.305 e. The van der Waals surface area contributed by atoms with E-state index in [1.165, 1.54) is 13.8 Å². The van der Waals surface area contributed by atoms with E-state index in [-0.39, 0.29) is 0 Å². The van der Waals surface area contributed by atoms with Crippen LogP contribution in [0.25, 0.3) is 0 Å². The third-order valence-corrected chi connectivity index (χ3v) is 2.19. The summed E-state index contributed by atoms with van der Waals surface area (Å²) in [5.41, 5.74) is 0. The number of unbranched alkanes of at least 4 members (excludes halogenated alkanes) is 4. The molecule has 0 aliphatic carbocycles. The number of allylic oxidation sites excluding steroid dienone is 1. The van der Waals surface area contributed by atoms with Crippen molar-refractivity contribution in [2.45, 2.75) is 58.7 Å². The minimum Gasteiger partial charge on any atom is -0.425 e. The Morgan fingerprint density at radius 3 is 2.06 bits per heavy atom. The second kappa shape index (κ2) is 9.87. The molecule has 0 aliphatic heterocycles. The van der Waals surface area contributed by atoms with Crippen LogP contribution in [-0.4, -0.2) is 18.2 Å². The second-order valence-corrected chi connectivity index (χ2v) is 3.93. The van der Waals surface area contributed by atoms with Gasteiger partial charge in [0.2, 0.25) is 6.29 Å². The van der Waals surface area contributed by atoms with Crippen LogP contribution in [0.1, 0.15) is 52.4 Å². The number of carbonyl (C=O) groups excluding carboxylic acids is 2. The van der Waals surface area contributed by atoms with Crippen LogP contribution in [-0.2, 0) is 19.1 Å². The minimum atomic E-state index is -0.732. The van der Waals surface area contributed by atoms with Gasteiger partial charge in [-0.05, 0) is 19.3 Å². The Morgan fingerprint density at radius 2 is 1.59 bits per heavy atom. The van der Waals surface area contributed by atoms with E-state index in [4.69, 9.17) is 9.47 Å². The fourth-order valence-electron chi connectivity index (χ4n) is 1.47. The molecule has 0 aliphatic rings. The Kier molecular flexibility index (Phi) is 9.11. The first-order valence-electron chi connectivity index (χ1n) is 6.01. The predicted octanol–water partition coefficient (Wildman–Crippen LogP) is 2.97. The lowest BCUT2D eigenvalue weighted by Gasteiger charge is -2.16. The normalized spacial score (nSPS) is 10.1. The molecule has 0 saturated carbocycles. The molecule has 0 saturated heterocycles. The van der Waals surface area contributed by atoms with E-state index in [9.17, 15) is 9.59 Å². The van der Waals surface area contributed by atoms with E-state index < -0.39 is 18.2 Å². The van der Waals surface area contributed by atoms with Gasteiger partial charge in [0.1, 0.15) is 0 Å². The van der Waals surface area contributed by atoms with Crippen molar-refractivity contribution in [2.75, 3.05) is 0 Å². The zero-order valence-corrected chi connectivity index (χ0v) is 10.7. The Bertz CT molecular complexity index is 232. The summed E-state index contributed by atoms with van der Waals surface area (Å²) < 4.78 is 9.78. The molecule has 0 aromatic carbocycles. The van der Waals surface area contributed by atoms with Crippen molar-refractivity contribution >= 4 is 11.9 Å². The smallest absolute Gasteiger partial charge is 0.305 e. The summed E-state index contributed by atoms with van der Waals surface area (Å²) in [6.07, 6.45) is 6.90. The van der Waals surface area contributed by atoms with E-state index in [2.05, 4.69) is 6.58 Å². The average Bonchev–Trinajstić information content (AvgIpc) is 2.21. The molecule has 0 heterocycles. The summed E-state index contributed by atoms with van der Waals surface area (Å²) in [5, 5.41) is 0. The van der Waals surface area contributed by atoms with Crippen molar-refractivity contribution in [1.82, 2.24) is 0 Å². The number of hydrogen-bond donors (Lipinski definition) is 0. The Hall–Kier alpha value is -1.32. The molecular formula is C13H22O4. The van der Waals surface area contributed by atoms with E-state index >= 15 is 0 Å². The lowest BCUT2D eigenvalue weighted by Crippen LogP contribution is -2.22. The molecule has 0 rings (SSSR count).